The van der Waals surface area contributed by atoms with Gasteiger partial charge in [0.25, 0.3) is 0 Å². The van der Waals surface area contributed by atoms with E-state index in [0.29, 0.717) is 11.9 Å². The van der Waals surface area contributed by atoms with Gasteiger partial charge in [-0.15, -0.1) is 0 Å². The molecular weight excluding hydrogens is 250 g/mol. The summed E-state index contributed by atoms with van der Waals surface area (Å²) in [4.78, 5) is 8.81. The number of imidazole rings is 1. The van der Waals surface area contributed by atoms with E-state index in [-0.39, 0.29) is 0 Å². The first-order valence-corrected chi connectivity index (χ1v) is 7.63. The second-order valence-corrected chi connectivity index (χ2v) is 5.73. The molecule has 1 saturated carbocycles. The summed E-state index contributed by atoms with van der Waals surface area (Å²) in [7, 11) is 0. The first-order chi connectivity index (χ1) is 9.78. The molecule has 1 aliphatic carbocycles. The molecule has 2 aromatic rings. The average molecular weight is 273 g/mol. The van der Waals surface area contributed by atoms with E-state index in [1.54, 1.807) is 12.4 Å². The van der Waals surface area contributed by atoms with Gasteiger partial charge in [0.1, 0.15) is 5.82 Å². The maximum atomic E-state index is 5.88. The van der Waals surface area contributed by atoms with Crippen LogP contribution < -0.4 is 11.1 Å². The Balaban J connectivity index is 1.84. The standard InChI is InChI=1S/C15H23N5/c1-2-12(11-6-4-3-5-7-11)18-14-15-17-8-9-20(15)10-13(16)19-14/h8-12H,2-7,16H2,1H3,(H,18,19). The van der Waals surface area contributed by atoms with E-state index in [1.807, 2.05) is 10.6 Å². The highest BCUT2D eigenvalue weighted by molar-refractivity contribution is 5.65. The summed E-state index contributed by atoms with van der Waals surface area (Å²) < 4.78 is 1.93. The normalized spacial score (nSPS) is 18.2. The van der Waals surface area contributed by atoms with Gasteiger partial charge >= 0.3 is 0 Å². The molecule has 0 bridgehead atoms. The Morgan fingerprint density at radius 3 is 2.95 bits per heavy atom. The summed E-state index contributed by atoms with van der Waals surface area (Å²) >= 11 is 0. The van der Waals surface area contributed by atoms with Crippen LogP contribution >= 0.6 is 0 Å². The van der Waals surface area contributed by atoms with Crippen molar-refractivity contribution in [3.05, 3.63) is 18.6 Å². The number of nitrogens with two attached hydrogens (primary N) is 1. The third-order valence-electron chi connectivity index (χ3n) is 4.37. The smallest absolute Gasteiger partial charge is 0.180 e. The molecule has 0 saturated heterocycles. The van der Waals surface area contributed by atoms with Crippen molar-refractivity contribution >= 4 is 17.3 Å². The molecule has 0 aliphatic heterocycles. The lowest BCUT2D eigenvalue weighted by Crippen LogP contribution is -2.30. The highest BCUT2D eigenvalue weighted by Crippen LogP contribution is 2.30. The molecule has 0 spiro atoms. The first-order valence-electron chi connectivity index (χ1n) is 7.63. The molecule has 108 valence electrons. The fraction of sp³-hybridized carbons (Fsp3) is 0.600. The lowest BCUT2D eigenvalue weighted by molar-refractivity contribution is 0.312. The maximum absolute atomic E-state index is 5.88. The summed E-state index contributed by atoms with van der Waals surface area (Å²) in [6.45, 7) is 2.24. The summed E-state index contributed by atoms with van der Waals surface area (Å²) in [6.07, 6.45) is 13.3. The Bertz CT molecular complexity index is 571. The molecule has 5 nitrogen and oxygen atoms in total. The lowest BCUT2D eigenvalue weighted by atomic mass is 9.83. The van der Waals surface area contributed by atoms with E-state index in [2.05, 4.69) is 22.2 Å². The van der Waals surface area contributed by atoms with Crippen molar-refractivity contribution in [2.75, 3.05) is 11.1 Å². The molecule has 0 amide bonds. The topological polar surface area (TPSA) is 68.2 Å². The maximum Gasteiger partial charge on any atom is 0.180 e. The molecule has 1 unspecified atom stereocenters. The molecule has 1 fully saturated rings. The molecule has 1 aliphatic rings. The Kier molecular flexibility index (Phi) is 3.76. The molecule has 2 aromatic heterocycles. The zero-order chi connectivity index (χ0) is 13.9. The predicted octanol–water partition coefficient (Wildman–Crippen LogP) is 3.08. The van der Waals surface area contributed by atoms with Gasteiger partial charge in [0, 0.05) is 18.4 Å². The van der Waals surface area contributed by atoms with Gasteiger partial charge in [-0.2, -0.15) is 0 Å². The minimum absolute atomic E-state index is 0.463. The zero-order valence-electron chi connectivity index (χ0n) is 12.0. The fourth-order valence-electron chi connectivity index (χ4n) is 3.31. The summed E-state index contributed by atoms with van der Waals surface area (Å²) in [5, 5.41) is 3.59. The third-order valence-corrected chi connectivity index (χ3v) is 4.37. The SMILES string of the molecule is CCC(Nc1nc(N)cn2ccnc12)C1CCCCC1. The van der Waals surface area contributed by atoms with Gasteiger partial charge in [0.15, 0.2) is 11.5 Å². The third kappa shape index (κ3) is 2.57. The molecule has 0 aromatic carbocycles. The highest BCUT2D eigenvalue weighted by Gasteiger charge is 2.23. The first kappa shape index (κ1) is 13.2. The van der Waals surface area contributed by atoms with E-state index < -0.39 is 0 Å². The second-order valence-electron chi connectivity index (χ2n) is 5.73. The van der Waals surface area contributed by atoms with Crippen molar-refractivity contribution < 1.29 is 0 Å². The van der Waals surface area contributed by atoms with Crippen molar-refractivity contribution in [3.63, 3.8) is 0 Å². The van der Waals surface area contributed by atoms with Gasteiger partial charge in [-0.1, -0.05) is 26.2 Å². The number of nitrogen functional groups attached to an aromatic ring is 1. The van der Waals surface area contributed by atoms with Gasteiger partial charge in [-0.05, 0) is 25.2 Å². The minimum Gasteiger partial charge on any atom is -0.382 e. The number of hydrogen-bond acceptors (Lipinski definition) is 4. The molecule has 3 N–H and O–H groups in total. The molecule has 0 radical (unpaired) electrons. The van der Waals surface area contributed by atoms with Gasteiger partial charge in [-0.25, -0.2) is 9.97 Å². The molecule has 1 atom stereocenters. The molecular formula is C15H23N5. The number of fused-ring (bicyclic) bond motifs is 1. The van der Waals surface area contributed by atoms with Crippen LogP contribution in [0.4, 0.5) is 11.6 Å². The number of nitrogens with zero attached hydrogens (tertiary/aromatic N) is 3. The average Bonchev–Trinajstić information content (AvgIpc) is 2.93. The van der Waals surface area contributed by atoms with Crippen LogP contribution in [0, 0.1) is 5.92 Å². The van der Waals surface area contributed by atoms with Gasteiger partial charge < -0.3 is 15.5 Å². The van der Waals surface area contributed by atoms with Crippen LogP contribution in [0.25, 0.3) is 5.65 Å². The van der Waals surface area contributed by atoms with E-state index in [0.717, 1.165) is 23.8 Å². The Morgan fingerprint density at radius 1 is 1.40 bits per heavy atom. The molecule has 3 rings (SSSR count). The van der Waals surface area contributed by atoms with E-state index in [1.165, 1.54) is 32.1 Å². The van der Waals surface area contributed by atoms with E-state index in [9.17, 15) is 0 Å². The van der Waals surface area contributed by atoms with Crippen molar-refractivity contribution in [1.82, 2.24) is 14.4 Å². The van der Waals surface area contributed by atoms with Crippen LogP contribution in [0.3, 0.4) is 0 Å². The van der Waals surface area contributed by atoms with Crippen molar-refractivity contribution in [3.8, 4) is 0 Å². The predicted molar refractivity (Wildman–Crippen MR) is 81.7 cm³/mol. The van der Waals surface area contributed by atoms with Crippen LogP contribution in [0.2, 0.25) is 0 Å². The van der Waals surface area contributed by atoms with Crippen molar-refractivity contribution in [1.29, 1.82) is 0 Å². The zero-order valence-corrected chi connectivity index (χ0v) is 12.0. The van der Waals surface area contributed by atoms with Gasteiger partial charge in [0.05, 0.1) is 6.20 Å². The molecule has 5 heteroatoms. The summed E-state index contributed by atoms with van der Waals surface area (Å²) in [5.74, 6) is 2.08. The van der Waals surface area contributed by atoms with Gasteiger partial charge in [0.2, 0.25) is 0 Å². The van der Waals surface area contributed by atoms with Crippen LogP contribution in [-0.4, -0.2) is 20.4 Å². The fourth-order valence-corrected chi connectivity index (χ4v) is 3.31. The highest BCUT2D eigenvalue weighted by atomic mass is 15.1. The number of nitrogens with one attached hydrogen (secondary N) is 1. The van der Waals surface area contributed by atoms with Crippen LogP contribution in [0.5, 0.6) is 0 Å². The number of rotatable bonds is 4. The minimum atomic E-state index is 0.463. The summed E-state index contributed by atoms with van der Waals surface area (Å²) in [6, 6.07) is 0.463. The van der Waals surface area contributed by atoms with Crippen LogP contribution in [0.1, 0.15) is 45.4 Å². The lowest BCUT2D eigenvalue weighted by Gasteiger charge is -2.30. The van der Waals surface area contributed by atoms with E-state index >= 15 is 0 Å². The number of anilines is 2. The number of hydrogen-bond donors (Lipinski definition) is 2. The van der Waals surface area contributed by atoms with E-state index in [4.69, 9.17) is 5.73 Å². The monoisotopic (exact) mass is 273 g/mol. The van der Waals surface area contributed by atoms with Crippen LogP contribution in [-0.2, 0) is 0 Å². The Morgan fingerprint density at radius 2 is 2.20 bits per heavy atom. The molecule has 2 heterocycles. The largest absolute Gasteiger partial charge is 0.382 e. The second kappa shape index (κ2) is 5.69. The van der Waals surface area contributed by atoms with Crippen LogP contribution in [0.15, 0.2) is 18.6 Å². The number of aromatic nitrogens is 3. The quantitative estimate of drug-likeness (QED) is 0.898. The summed E-state index contributed by atoms with van der Waals surface area (Å²) in [5.41, 5.74) is 6.73. The Hall–Kier alpha value is -1.78. The Labute approximate surface area is 119 Å². The van der Waals surface area contributed by atoms with Crippen molar-refractivity contribution in [2.24, 2.45) is 5.92 Å². The molecule has 20 heavy (non-hydrogen) atoms. The van der Waals surface area contributed by atoms with Gasteiger partial charge in [-0.3, -0.25) is 0 Å². The van der Waals surface area contributed by atoms with Crippen molar-refractivity contribution in [2.45, 2.75) is 51.5 Å².